The number of ether oxygens (including phenoxy) is 2. The lowest BCUT2D eigenvalue weighted by atomic mass is 9.70. The number of nitrogens with zero attached hydrogens (tertiary/aromatic N) is 2. The molecule has 0 saturated carbocycles. The molecule has 6 nitrogen and oxygen atoms in total. The maximum Gasteiger partial charge on any atom is 0.242 e. The van der Waals surface area contributed by atoms with Gasteiger partial charge in [0.05, 0.1) is 12.6 Å². The molecule has 7 heteroatoms. The Morgan fingerprint density at radius 1 is 1.13 bits per heavy atom. The monoisotopic (exact) mass is 446 g/mol. The van der Waals surface area contributed by atoms with E-state index in [9.17, 15) is 9.59 Å². The maximum atomic E-state index is 13.0. The zero-order chi connectivity index (χ0) is 21.4. The van der Waals surface area contributed by atoms with E-state index >= 15 is 0 Å². The zero-order valence-electron chi connectivity index (χ0n) is 18.0. The Hall–Kier alpha value is -1.79. The van der Waals surface area contributed by atoms with Crippen molar-refractivity contribution in [2.75, 3.05) is 32.8 Å². The van der Waals surface area contributed by atoms with Crippen LogP contribution in [0.25, 0.3) is 0 Å². The lowest BCUT2D eigenvalue weighted by Gasteiger charge is -2.53. The van der Waals surface area contributed by atoms with Crippen molar-refractivity contribution in [1.29, 1.82) is 0 Å². The van der Waals surface area contributed by atoms with Crippen LogP contribution in [0.3, 0.4) is 0 Å². The molecule has 31 heavy (non-hydrogen) atoms. The summed E-state index contributed by atoms with van der Waals surface area (Å²) in [6, 6.07) is 5.80. The Kier molecular flexibility index (Phi) is 5.86. The van der Waals surface area contributed by atoms with Gasteiger partial charge in [-0.15, -0.1) is 0 Å². The van der Waals surface area contributed by atoms with Crippen molar-refractivity contribution < 1.29 is 19.1 Å². The molecule has 0 unspecified atom stereocenters. The third kappa shape index (κ3) is 4.05. The number of carbonyl (C=O) groups is 2. The lowest BCUT2D eigenvalue weighted by molar-refractivity contribution is -0.158. The minimum atomic E-state index is -0.304. The van der Waals surface area contributed by atoms with E-state index in [4.69, 9.17) is 21.1 Å². The average Bonchev–Trinajstić information content (AvgIpc) is 2.99. The first-order valence-corrected chi connectivity index (χ1v) is 12.1. The maximum absolute atomic E-state index is 13.0. The molecule has 5 rings (SSSR count). The van der Waals surface area contributed by atoms with Gasteiger partial charge in [0.25, 0.3) is 0 Å². The van der Waals surface area contributed by atoms with Crippen molar-refractivity contribution in [2.24, 2.45) is 5.92 Å². The van der Waals surface area contributed by atoms with Gasteiger partial charge in [0.2, 0.25) is 11.8 Å². The summed E-state index contributed by atoms with van der Waals surface area (Å²) < 4.78 is 12.9. The fraction of sp³-hybridized carbons (Fsp3) is 0.667. The minimum absolute atomic E-state index is 0.00757. The zero-order valence-corrected chi connectivity index (χ0v) is 18.7. The van der Waals surface area contributed by atoms with Crippen LogP contribution in [0.15, 0.2) is 18.2 Å². The number of carbonyl (C=O) groups excluding carboxylic acids is 2. The number of benzene rings is 1. The number of rotatable bonds is 2. The first-order chi connectivity index (χ1) is 15.1. The largest absolute Gasteiger partial charge is 0.486 e. The highest BCUT2D eigenvalue weighted by Crippen LogP contribution is 2.53. The Labute approximate surface area is 188 Å². The first-order valence-electron chi connectivity index (χ1n) is 11.7. The SMILES string of the molecule is O=C(CN1CCCCCC1=O)N1CCC2(CC1)Oc1ccc(Cl)cc1[C@H]1OCCC[C@@H]12. The number of hydrogen-bond donors (Lipinski definition) is 0. The van der Waals surface area contributed by atoms with Gasteiger partial charge in [-0.05, 0) is 43.9 Å². The summed E-state index contributed by atoms with van der Waals surface area (Å²) in [5.74, 6) is 1.32. The molecule has 1 spiro atoms. The second kappa shape index (κ2) is 8.62. The van der Waals surface area contributed by atoms with Crippen LogP contribution in [0, 0.1) is 5.92 Å². The van der Waals surface area contributed by atoms with Crippen LogP contribution in [-0.2, 0) is 14.3 Å². The molecule has 0 bridgehead atoms. The highest BCUT2D eigenvalue weighted by atomic mass is 35.5. The van der Waals surface area contributed by atoms with E-state index in [1.54, 1.807) is 4.90 Å². The van der Waals surface area contributed by atoms with Crippen LogP contribution in [0.2, 0.25) is 5.02 Å². The fourth-order valence-corrected chi connectivity index (χ4v) is 6.01. The van der Waals surface area contributed by atoms with E-state index in [-0.39, 0.29) is 36.0 Å². The summed E-state index contributed by atoms with van der Waals surface area (Å²) in [5.41, 5.74) is 0.752. The summed E-state index contributed by atoms with van der Waals surface area (Å²) in [4.78, 5) is 28.9. The average molecular weight is 447 g/mol. The minimum Gasteiger partial charge on any atom is -0.486 e. The number of hydrogen-bond acceptors (Lipinski definition) is 4. The van der Waals surface area contributed by atoms with E-state index in [2.05, 4.69) is 0 Å². The van der Waals surface area contributed by atoms with Gasteiger partial charge in [0, 0.05) is 62.0 Å². The lowest BCUT2D eigenvalue weighted by Crippen LogP contribution is -2.58. The van der Waals surface area contributed by atoms with Gasteiger partial charge in [-0.3, -0.25) is 9.59 Å². The van der Waals surface area contributed by atoms with Crippen LogP contribution in [0.5, 0.6) is 5.75 Å². The second-order valence-corrected chi connectivity index (χ2v) is 9.83. The predicted molar refractivity (Wildman–Crippen MR) is 117 cm³/mol. The van der Waals surface area contributed by atoms with Crippen molar-refractivity contribution >= 4 is 23.4 Å². The van der Waals surface area contributed by atoms with Crippen LogP contribution >= 0.6 is 11.6 Å². The van der Waals surface area contributed by atoms with Crippen LogP contribution in [-0.4, -0.2) is 60.0 Å². The molecule has 4 heterocycles. The Morgan fingerprint density at radius 2 is 1.97 bits per heavy atom. The Morgan fingerprint density at radius 3 is 2.81 bits per heavy atom. The molecular formula is C24H31ClN2O4. The normalized spacial score (nSPS) is 27.8. The van der Waals surface area contributed by atoms with Crippen LogP contribution in [0.1, 0.15) is 63.0 Å². The topological polar surface area (TPSA) is 59.1 Å². The smallest absolute Gasteiger partial charge is 0.242 e. The highest BCUT2D eigenvalue weighted by Gasteiger charge is 2.52. The number of piperidine rings is 1. The third-order valence-corrected chi connectivity index (χ3v) is 7.78. The molecule has 4 aliphatic rings. The molecule has 0 aromatic heterocycles. The van der Waals surface area contributed by atoms with Gasteiger partial charge in [0.15, 0.2) is 0 Å². The van der Waals surface area contributed by atoms with Gasteiger partial charge in [0.1, 0.15) is 11.4 Å². The van der Waals surface area contributed by atoms with Gasteiger partial charge in [-0.25, -0.2) is 0 Å². The molecule has 2 amide bonds. The van der Waals surface area contributed by atoms with E-state index in [1.807, 2.05) is 23.1 Å². The molecule has 168 valence electrons. The molecule has 0 radical (unpaired) electrons. The summed E-state index contributed by atoms with van der Waals surface area (Å²) in [6.07, 6.45) is 7.24. The van der Waals surface area contributed by atoms with Gasteiger partial charge in [-0.2, -0.15) is 0 Å². The molecule has 0 N–H and O–H groups in total. The summed E-state index contributed by atoms with van der Waals surface area (Å²) >= 11 is 6.26. The molecule has 1 aromatic rings. The van der Waals surface area contributed by atoms with Crippen LogP contribution < -0.4 is 4.74 Å². The van der Waals surface area contributed by atoms with Crippen molar-refractivity contribution in [1.82, 2.24) is 9.80 Å². The Bertz CT molecular complexity index is 852. The van der Waals surface area contributed by atoms with E-state index in [1.165, 1.54) is 0 Å². The number of amides is 2. The highest BCUT2D eigenvalue weighted by molar-refractivity contribution is 6.30. The van der Waals surface area contributed by atoms with E-state index in [0.29, 0.717) is 31.1 Å². The summed E-state index contributed by atoms with van der Waals surface area (Å²) in [6.45, 7) is 2.99. The predicted octanol–water partition coefficient (Wildman–Crippen LogP) is 3.96. The van der Waals surface area contributed by atoms with Crippen molar-refractivity contribution in [3.63, 3.8) is 0 Å². The molecule has 3 fully saturated rings. The Balaban J connectivity index is 1.29. The summed E-state index contributed by atoms with van der Waals surface area (Å²) in [7, 11) is 0. The number of halogens is 1. The standard InChI is InChI=1S/C24H31ClN2O4/c25-17-7-8-20-18(15-17)23-19(5-4-14-30-23)24(31-20)9-12-26(13-10-24)22(29)16-27-11-3-1-2-6-21(27)28/h7-8,15,19,23H,1-6,9-14,16H2/t19-,23+/m0/s1. The first kappa shape index (κ1) is 21.1. The van der Waals surface area contributed by atoms with Gasteiger partial charge in [-0.1, -0.05) is 18.0 Å². The van der Waals surface area contributed by atoms with Crippen molar-refractivity contribution in [3.05, 3.63) is 28.8 Å². The van der Waals surface area contributed by atoms with Gasteiger partial charge >= 0.3 is 0 Å². The molecular weight excluding hydrogens is 416 g/mol. The van der Waals surface area contributed by atoms with Crippen molar-refractivity contribution in [3.8, 4) is 5.75 Å². The molecule has 1 aromatic carbocycles. The summed E-state index contributed by atoms with van der Waals surface area (Å²) in [5, 5.41) is 0.703. The van der Waals surface area contributed by atoms with Gasteiger partial charge < -0.3 is 19.3 Å². The number of likely N-dealkylation sites (tertiary alicyclic amines) is 2. The van der Waals surface area contributed by atoms with Crippen LogP contribution in [0.4, 0.5) is 0 Å². The fourth-order valence-electron chi connectivity index (χ4n) is 5.83. The second-order valence-electron chi connectivity index (χ2n) is 9.40. The van der Waals surface area contributed by atoms with E-state index in [0.717, 1.165) is 62.9 Å². The molecule has 2 atom stereocenters. The molecule has 0 aliphatic carbocycles. The van der Waals surface area contributed by atoms with Crippen molar-refractivity contribution in [2.45, 2.75) is 63.1 Å². The number of fused-ring (bicyclic) bond motifs is 4. The molecule has 4 aliphatic heterocycles. The molecule has 3 saturated heterocycles. The quantitative estimate of drug-likeness (QED) is 0.689. The third-order valence-electron chi connectivity index (χ3n) is 7.55. The van der Waals surface area contributed by atoms with E-state index < -0.39 is 0 Å².